The zero-order valence-electron chi connectivity index (χ0n) is 11.9. The molecule has 0 aliphatic carbocycles. The molecule has 0 aliphatic rings. The van der Waals surface area contributed by atoms with Crippen molar-refractivity contribution in [3.63, 3.8) is 0 Å². The average molecular weight is 331 g/mol. The Morgan fingerprint density at radius 2 is 2.05 bits per heavy atom. The molecule has 0 saturated carbocycles. The van der Waals surface area contributed by atoms with Crippen molar-refractivity contribution in [1.82, 2.24) is 5.32 Å². The Morgan fingerprint density at radius 1 is 1.33 bits per heavy atom. The second-order valence-corrected chi connectivity index (χ2v) is 6.00. The van der Waals surface area contributed by atoms with Crippen molar-refractivity contribution in [2.24, 2.45) is 0 Å². The molecule has 116 valence electrons. The van der Waals surface area contributed by atoms with Gasteiger partial charge >= 0.3 is 0 Å². The minimum Gasteiger partial charge on any atom is -0.352 e. The van der Waals surface area contributed by atoms with Crippen molar-refractivity contribution in [3.05, 3.63) is 38.9 Å². The van der Waals surface area contributed by atoms with Crippen molar-refractivity contribution in [2.75, 3.05) is 18.6 Å². The summed E-state index contributed by atoms with van der Waals surface area (Å²) in [4.78, 5) is 22.3. The van der Waals surface area contributed by atoms with Crippen molar-refractivity contribution >= 4 is 35.0 Å². The van der Waals surface area contributed by atoms with Crippen LogP contribution in [0.2, 0.25) is 5.02 Å². The van der Waals surface area contributed by atoms with Crippen molar-refractivity contribution in [2.45, 2.75) is 25.7 Å². The lowest BCUT2D eigenvalue weighted by molar-refractivity contribution is -0.385. The number of carbonyl (C=O) groups excluding carboxylic acids is 1. The van der Waals surface area contributed by atoms with E-state index in [1.54, 1.807) is 0 Å². The first kappa shape index (κ1) is 17.8. The topological polar surface area (TPSA) is 72.2 Å². The van der Waals surface area contributed by atoms with E-state index in [0.29, 0.717) is 11.6 Å². The predicted molar refractivity (Wildman–Crippen MR) is 87.3 cm³/mol. The number of nitro benzene ring substituents is 1. The average Bonchev–Trinajstić information content (AvgIpc) is 2.45. The number of benzene rings is 1. The van der Waals surface area contributed by atoms with Crippen LogP contribution in [0.1, 0.15) is 36.0 Å². The SMILES string of the molecule is CSCCCCCCNC(=O)c1cc(Cl)ccc1[N+](=O)[O-]. The maximum Gasteiger partial charge on any atom is 0.282 e. The molecule has 1 aromatic rings. The molecule has 1 rings (SSSR count). The van der Waals surface area contributed by atoms with Gasteiger partial charge in [0.2, 0.25) is 0 Å². The maximum atomic E-state index is 12.0. The number of hydrogen-bond acceptors (Lipinski definition) is 4. The van der Waals surface area contributed by atoms with Crippen LogP contribution in [0.5, 0.6) is 0 Å². The molecular formula is C14H19ClN2O3S. The van der Waals surface area contributed by atoms with Crippen LogP contribution in [0.15, 0.2) is 18.2 Å². The van der Waals surface area contributed by atoms with Crippen LogP contribution in [-0.2, 0) is 0 Å². The summed E-state index contributed by atoms with van der Waals surface area (Å²) in [6, 6.07) is 3.98. The summed E-state index contributed by atoms with van der Waals surface area (Å²) in [7, 11) is 0. The summed E-state index contributed by atoms with van der Waals surface area (Å²) in [6.07, 6.45) is 6.30. The molecule has 0 radical (unpaired) electrons. The lowest BCUT2D eigenvalue weighted by atomic mass is 10.1. The highest BCUT2D eigenvalue weighted by atomic mass is 35.5. The van der Waals surface area contributed by atoms with Crippen LogP contribution in [-0.4, -0.2) is 29.4 Å². The minimum absolute atomic E-state index is 0.00915. The van der Waals surface area contributed by atoms with Gasteiger partial charge in [-0.25, -0.2) is 0 Å². The Morgan fingerprint density at radius 3 is 2.71 bits per heavy atom. The molecule has 7 heteroatoms. The third kappa shape index (κ3) is 6.35. The molecule has 0 saturated heterocycles. The smallest absolute Gasteiger partial charge is 0.282 e. The van der Waals surface area contributed by atoms with Gasteiger partial charge < -0.3 is 5.32 Å². The van der Waals surface area contributed by atoms with Crippen LogP contribution in [0.25, 0.3) is 0 Å². The molecule has 1 aromatic carbocycles. The van der Waals surface area contributed by atoms with Gasteiger partial charge in [0.25, 0.3) is 11.6 Å². The normalized spacial score (nSPS) is 10.4. The van der Waals surface area contributed by atoms with Gasteiger partial charge in [-0.3, -0.25) is 14.9 Å². The summed E-state index contributed by atoms with van der Waals surface area (Å²) in [5.74, 6) is 0.703. The molecule has 5 nitrogen and oxygen atoms in total. The van der Waals surface area contributed by atoms with E-state index in [-0.39, 0.29) is 11.3 Å². The second-order valence-electron chi connectivity index (χ2n) is 4.58. The fraction of sp³-hybridized carbons (Fsp3) is 0.500. The molecular weight excluding hydrogens is 312 g/mol. The predicted octanol–water partition coefficient (Wildman–Crippen LogP) is 3.90. The fourth-order valence-corrected chi connectivity index (χ4v) is 2.54. The highest BCUT2D eigenvalue weighted by molar-refractivity contribution is 7.98. The highest BCUT2D eigenvalue weighted by Crippen LogP contribution is 2.22. The third-order valence-electron chi connectivity index (χ3n) is 2.96. The fourth-order valence-electron chi connectivity index (χ4n) is 1.87. The van der Waals surface area contributed by atoms with Crippen molar-refractivity contribution in [1.29, 1.82) is 0 Å². The molecule has 0 bridgehead atoms. The van der Waals surface area contributed by atoms with Gasteiger partial charge in [-0.15, -0.1) is 0 Å². The molecule has 0 atom stereocenters. The Kier molecular flexibility index (Phi) is 8.15. The largest absolute Gasteiger partial charge is 0.352 e. The number of nitrogens with zero attached hydrogens (tertiary/aromatic N) is 1. The zero-order valence-corrected chi connectivity index (χ0v) is 13.5. The van der Waals surface area contributed by atoms with E-state index in [9.17, 15) is 14.9 Å². The van der Waals surface area contributed by atoms with E-state index in [0.717, 1.165) is 25.0 Å². The number of halogens is 1. The Balaban J connectivity index is 2.45. The van der Waals surface area contributed by atoms with E-state index < -0.39 is 10.8 Å². The first-order valence-corrected chi connectivity index (χ1v) is 8.54. The molecule has 0 spiro atoms. The van der Waals surface area contributed by atoms with Crippen LogP contribution in [0.4, 0.5) is 5.69 Å². The molecule has 1 amide bonds. The molecule has 1 N–H and O–H groups in total. The number of nitro groups is 1. The number of unbranched alkanes of at least 4 members (excludes halogenated alkanes) is 3. The lowest BCUT2D eigenvalue weighted by Gasteiger charge is -2.06. The minimum atomic E-state index is -0.576. The Bertz CT molecular complexity index is 497. The molecule has 0 fully saturated rings. The van der Waals surface area contributed by atoms with Crippen molar-refractivity contribution < 1.29 is 9.72 Å². The zero-order chi connectivity index (χ0) is 15.7. The highest BCUT2D eigenvalue weighted by Gasteiger charge is 2.19. The van der Waals surface area contributed by atoms with Gasteiger partial charge in [0.1, 0.15) is 5.56 Å². The summed E-state index contributed by atoms with van der Waals surface area (Å²) in [6.45, 7) is 0.516. The van der Waals surface area contributed by atoms with Gasteiger partial charge in [-0.2, -0.15) is 11.8 Å². The van der Waals surface area contributed by atoms with Gasteiger partial charge in [-0.1, -0.05) is 24.4 Å². The quantitative estimate of drug-likeness (QED) is 0.423. The number of thioether (sulfide) groups is 1. The summed E-state index contributed by atoms with van der Waals surface area (Å²) < 4.78 is 0. The van der Waals surface area contributed by atoms with Crippen molar-refractivity contribution in [3.8, 4) is 0 Å². The van der Waals surface area contributed by atoms with Crippen LogP contribution in [0, 0.1) is 10.1 Å². The number of hydrogen-bond donors (Lipinski definition) is 1. The standard InChI is InChI=1S/C14H19ClN2O3S/c1-21-9-5-3-2-4-8-16-14(18)12-10-11(15)6-7-13(12)17(19)20/h6-7,10H,2-5,8-9H2,1H3,(H,16,18). The summed E-state index contributed by atoms with van der Waals surface area (Å²) >= 11 is 7.62. The molecule has 0 heterocycles. The van der Waals surface area contributed by atoms with Crippen LogP contribution in [0.3, 0.4) is 0 Å². The lowest BCUT2D eigenvalue weighted by Crippen LogP contribution is -2.25. The molecule has 21 heavy (non-hydrogen) atoms. The Hall–Kier alpha value is -1.27. The third-order valence-corrected chi connectivity index (χ3v) is 3.89. The summed E-state index contributed by atoms with van der Waals surface area (Å²) in [5.41, 5.74) is -0.216. The maximum absolute atomic E-state index is 12.0. The van der Waals surface area contributed by atoms with Crippen LogP contribution >= 0.6 is 23.4 Å². The van der Waals surface area contributed by atoms with Gasteiger partial charge in [0.15, 0.2) is 0 Å². The van der Waals surface area contributed by atoms with Crippen LogP contribution < -0.4 is 5.32 Å². The van der Waals surface area contributed by atoms with Gasteiger partial charge in [0, 0.05) is 17.6 Å². The number of carbonyl (C=O) groups is 1. The second kappa shape index (κ2) is 9.63. The van der Waals surface area contributed by atoms with E-state index in [1.807, 2.05) is 11.8 Å². The first-order chi connectivity index (χ1) is 10.1. The summed E-state index contributed by atoms with van der Waals surface area (Å²) in [5, 5.41) is 13.9. The molecule has 0 unspecified atom stereocenters. The first-order valence-electron chi connectivity index (χ1n) is 6.77. The number of nitrogens with one attached hydrogen (secondary N) is 1. The number of rotatable bonds is 9. The van der Waals surface area contributed by atoms with E-state index >= 15 is 0 Å². The van der Waals surface area contributed by atoms with E-state index in [1.165, 1.54) is 24.6 Å². The molecule has 0 aliphatic heterocycles. The monoisotopic (exact) mass is 330 g/mol. The van der Waals surface area contributed by atoms with Gasteiger partial charge in [0.05, 0.1) is 4.92 Å². The van der Waals surface area contributed by atoms with E-state index in [2.05, 4.69) is 11.6 Å². The Labute approximate surface area is 133 Å². The van der Waals surface area contributed by atoms with Gasteiger partial charge in [-0.05, 0) is 37.0 Å². The molecule has 0 aromatic heterocycles. The van der Waals surface area contributed by atoms with E-state index in [4.69, 9.17) is 11.6 Å². The number of amides is 1.